The van der Waals surface area contributed by atoms with E-state index in [0.717, 1.165) is 22.3 Å². The molecule has 1 unspecified atom stereocenters. The van der Waals surface area contributed by atoms with Crippen molar-refractivity contribution < 1.29 is 80.8 Å². The lowest BCUT2D eigenvalue weighted by atomic mass is 9.95. The molecule has 4 aliphatic rings. The number of aryl methyl sites for hydroxylation is 6. The fraction of sp³-hybridized carbons (Fsp3) is 0.542. The fourth-order valence-corrected chi connectivity index (χ4v) is 9.24. The molecule has 4 saturated heterocycles. The molecular formula is C48H58O17. The molecule has 11 atom stereocenters. The molecule has 4 aliphatic heterocycles. The predicted molar refractivity (Wildman–Crippen MR) is 227 cm³/mol. The number of hydrogen-bond acceptors (Lipinski definition) is 17. The van der Waals surface area contributed by atoms with Gasteiger partial charge in [0.15, 0.2) is 24.3 Å². The molecule has 0 N–H and O–H groups in total. The summed E-state index contributed by atoms with van der Waals surface area (Å²) in [5.74, 6) is -5.23. The van der Waals surface area contributed by atoms with E-state index in [1.807, 2.05) is 65.8 Å². The number of rotatable bonds is 13. The summed E-state index contributed by atoms with van der Waals surface area (Å²) in [6, 6.07) is 14.2. The van der Waals surface area contributed by atoms with Gasteiger partial charge in [0.05, 0.1) is 12.7 Å². The van der Waals surface area contributed by atoms with Crippen LogP contribution in [-0.2, 0) is 72.5 Å². The largest absolute Gasteiger partial charge is 0.497 e. The van der Waals surface area contributed by atoms with E-state index in [1.165, 1.54) is 27.9 Å². The number of carbonyl (C=O) groups is 4. The molecule has 3 aromatic rings. The van der Waals surface area contributed by atoms with E-state index in [9.17, 15) is 19.2 Å². The van der Waals surface area contributed by atoms with Crippen molar-refractivity contribution in [1.82, 2.24) is 0 Å². The van der Waals surface area contributed by atoms with E-state index >= 15 is 0 Å². The SMILES string of the molecule is COc1ccc(O[C@@H]2O[C@H](COC(C)=O)[C@H](OC(C)=O)[C@H](OC3(c4c(C)cc(C)cc4C)O[C@H]4O[C@H](COC(=O)c5c(C)cc(C)cc5C)[C@@H]5OC(C)(C)O[C@@H]5[C@H]4O3)[C@H]2OC(C)=O)cc1. The van der Waals surface area contributed by atoms with Crippen LogP contribution in [0, 0.1) is 41.5 Å². The molecule has 4 heterocycles. The Morgan fingerprint density at radius 1 is 0.600 bits per heavy atom. The molecule has 0 radical (unpaired) electrons. The second-order valence-electron chi connectivity index (χ2n) is 17.4. The van der Waals surface area contributed by atoms with Gasteiger partial charge in [0.2, 0.25) is 6.29 Å². The third-order valence-electron chi connectivity index (χ3n) is 11.5. The highest BCUT2D eigenvalue weighted by Crippen LogP contribution is 2.51. The number of ether oxygens (including phenoxy) is 13. The highest BCUT2D eigenvalue weighted by Gasteiger charge is 2.66. The molecule has 0 saturated carbocycles. The van der Waals surface area contributed by atoms with Crippen LogP contribution >= 0.6 is 0 Å². The number of esters is 4. The standard InChI is InChI=1S/C48H58O17/c1-23-17-25(3)36(26(4)18-23)44(52)55-22-35-39-41(62-47(10,11)61-39)43-46(60-35)65-48(64-43,37-27(5)19-24(2)20-28(37)6)63-40-38(56-30(8)50)34(21-54-29(7)49)59-45(42(40)57-31(9)51)58-33-15-13-32(53-12)14-16-33/h13-20,34-35,38-43,45-46H,21-22H2,1-12H3/t34-,35-,38+,39+,40+,41+,42-,43-,45-,46-,48?/m1/s1. The average molecular weight is 907 g/mol. The van der Waals surface area contributed by atoms with Gasteiger partial charge in [-0.15, -0.1) is 0 Å². The Morgan fingerprint density at radius 2 is 1.15 bits per heavy atom. The molecule has 3 aromatic carbocycles. The van der Waals surface area contributed by atoms with Crippen LogP contribution in [0.4, 0.5) is 0 Å². The first-order valence-electron chi connectivity index (χ1n) is 21.5. The Bertz CT molecular complexity index is 2230. The van der Waals surface area contributed by atoms with Gasteiger partial charge in [-0.25, -0.2) is 4.79 Å². The zero-order valence-electron chi connectivity index (χ0n) is 38.7. The maximum atomic E-state index is 13.6. The van der Waals surface area contributed by atoms with Gasteiger partial charge in [-0.1, -0.05) is 35.4 Å². The van der Waals surface area contributed by atoms with Gasteiger partial charge in [0.1, 0.15) is 61.3 Å². The van der Waals surface area contributed by atoms with E-state index in [1.54, 1.807) is 38.1 Å². The number of benzene rings is 3. The summed E-state index contributed by atoms with van der Waals surface area (Å²) in [6.07, 6.45) is -12.1. The quantitative estimate of drug-likeness (QED) is 0.148. The summed E-state index contributed by atoms with van der Waals surface area (Å²) in [6.45, 7) is 17.7. The van der Waals surface area contributed by atoms with Crippen molar-refractivity contribution in [2.45, 2.75) is 149 Å². The van der Waals surface area contributed by atoms with E-state index in [4.69, 9.17) is 61.6 Å². The lowest BCUT2D eigenvalue weighted by Gasteiger charge is -2.46. The molecular weight excluding hydrogens is 849 g/mol. The van der Waals surface area contributed by atoms with Crippen LogP contribution in [0.1, 0.15) is 83.9 Å². The van der Waals surface area contributed by atoms with Crippen LogP contribution in [0.25, 0.3) is 0 Å². The summed E-state index contributed by atoms with van der Waals surface area (Å²) >= 11 is 0. The van der Waals surface area contributed by atoms with Gasteiger partial charge >= 0.3 is 29.9 Å². The Kier molecular flexibility index (Phi) is 14.0. The van der Waals surface area contributed by atoms with Crippen molar-refractivity contribution in [3.63, 3.8) is 0 Å². The molecule has 7 rings (SSSR count). The minimum Gasteiger partial charge on any atom is -0.497 e. The fourth-order valence-electron chi connectivity index (χ4n) is 9.24. The minimum absolute atomic E-state index is 0.236. The summed E-state index contributed by atoms with van der Waals surface area (Å²) in [5, 5.41) is 0. The lowest BCUT2D eigenvalue weighted by Crippen LogP contribution is -2.65. The van der Waals surface area contributed by atoms with Crippen molar-refractivity contribution >= 4 is 23.9 Å². The van der Waals surface area contributed by atoms with Gasteiger partial charge in [0.25, 0.3) is 0 Å². The Labute approximate surface area is 378 Å². The van der Waals surface area contributed by atoms with E-state index in [0.29, 0.717) is 28.0 Å². The van der Waals surface area contributed by atoms with Crippen LogP contribution in [0.5, 0.6) is 11.5 Å². The maximum Gasteiger partial charge on any atom is 0.338 e. The number of hydrogen-bond donors (Lipinski definition) is 0. The highest BCUT2D eigenvalue weighted by atomic mass is 17.0. The lowest BCUT2D eigenvalue weighted by molar-refractivity contribution is -0.414. The molecule has 17 heteroatoms. The van der Waals surface area contributed by atoms with Crippen LogP contribution in [0.15, 0.2) is 48.5 Å². The summed E-state index contributed by atoms with van der Waals surface area (Å²) in [7, 11) is 1.52. The average Bonchev–Trinajstić information content (AvgIpc) is 3.74. The topological polar surface area (TPSA) is 188 Å². The monoisotopic (exact) mass is 906 g/mol. The number of methoxy groups -OCH3 is 1. The molecule has 17 nitrogen and oxygen atoms in total. The van der Waals surface area contributed by atoms with Crippen molar-refractivity contribution in [1.29, 1.82) is 0 Å². The van der Waals surface area contributed by atoms with E-state index in [2.05, 4.69) is 0 Å². The second kappa shape index (κ2) is 19.0. The molecule has 65 heavy (non-hydrogen) atoms. The van der Waals surface area contributed by atoms with Crippen molar-refractivity contribution in [3.8, 4) is 11.5 Å². The number of fused-ring (bicyclic) bond motifs is 3. The zero-order valence-corrected chi connectivity index (χ0v) is 38.7. The smallest absolute Gasteiger partial charge is 0.338 e. The van der Waals surface area contributed by atoms with Crippen molar-refractivity contribution in [3.05, 3.63) is 93.0 Å². The van der Waals surface area contributed by atoms with Gasteiger partial charge < -0.3 is 56.8 Å². The van der Waals surface area contributed by atoms with Gasteiger partial charge in [0, 0.05) is 26.3 Å². The molecule has 0 amide bonds. The van der Waals surface area contributed by atoms with Crippen molar-refractivity contribution in [2.24, 2.45) is 0 Å². The Hall–Kier alpha value is -5.14. The zero-order chi connectivity index (χ0) is 47.1. The molecule has 0 aromatic heterocycles. The van der Waals surface area contributed by atoms with Crippen LogP contribution in [-0.4, -0.2) is 111 Å². The van der Waals surface area contributed by atoms with Crippen LogP contribution in [0.3, 0.4) is 0 Å². The normalized spacial score (nSPS) is 30.1. The van der Waals surface area contributed by atoms with E-state index < -0.39 is 104 Å². The van der Waals surface area contributed by atoms with Gasteiger partial charge in [-0.3, -0.25) is 19.1 Å². The third kappa shape index (κ3) is 10.3. The Morgan fingerprint density at radius 3 is 1.74 bits per heavy atom. The van der Waals surface area contributed by atoms with Crippen LogP contribution in [0.2, 0.25) is 0 Å². The van der Waals surface area contributed by atoms with Gasteiger partial charge in [-0.2, -0.15) is 0 Å². The predicted octanol–water partition coefficient (Wildman–Crippen LogP) is 5.79. The summed E-state index contributed by atoms with van der Waals surface area (Å²) < 4.78 is 81.9. The van der Waals surface area contributed by atoms with Gasteiger partial charge in [-0.05, 0) is 102 Å². The highest BCUT2D eigenvalue weighted by molar-refractivity contribution is 5.92. The molecule has 0 aliphatic carbocycles. The number of carbonyl (C=O) groups excluding carboxylic acids is 4. The van der Waals surface area contributed by atoms with E-state index in [-0.39, 0.29) is 12.4 Å². The first kappa shape index (κ1) is 47.8. The second-order valence-corrected chi connectivity index (χ2v) is 17.4. The maximum absolute atomic E-state index is 13.6. The first-order chi connectivity index (χ1) is 30.7. The molecule has 0 spiro atoms. The summed E-state index contributed by atoms with van der Waals surface area (Å²) in [4.78, 5) is 51.9. The third-order valence-corrected chi connectivity index (χ3v) is 11.5. The Balaban J connectivity index is 1.31. The molecule has 352 valence electrons. The first-order valence-corrected chi connectivity index (χ1v) is 21.5. The summed E-state index contributed by atoms with van der Waals surface area (Å²) in [5.41, 5.74) is 5.71. The van der Waals surface area contributed by atoms with Crippen LogP contribution < -0.4 is 9.47 Å². The minimum atomic E-state index is -2.23. The molecule has 0 bridgehead atoms. The molecule has 4 fully saturated rings. The van der Waals surface area contributed by atoms with Crippen molar-refractivity contribution in [2.75, 3.05) is 20.3 Å².